The highest BCUT2D eigenvalue weighted by Crippen LogP contribution is 2.25. The van der Waals surface area contributed by atoms with Gasteiger partial charge >= 0.3 is 0 Å². The van der Waals surface area contributed by atoms with E-state index in [9.17, 15) is 23.6 Å². The van der Waals surface area contributed by atoms with Crippen LogP contribution in [0.2, 0.25) is 0 Å². The minimum absolute atomic E-state index is 0.0208. The van der Waals surface area contributed by atoms with E-state index in [4.69, 9.17) is 4.42 Å². The van der Waals surface area contributed by atoms with Gasteiger partial charge in [-0.3, -0.25) is 24.1 Å². The highest BCUT2D eigenvalue weighted by Gasteiger charge is 2.38. The molecule has 29 heavy (non-hydrogen) atoms. The van der Waals surface area contributed by atoms with Crippen LogP contribution < -0.4 is 0 Å². The van der Waals surface area contributed by atoms with Crippen molar-refractivity contribution in [2.75, 3.05) is 32.7 Å². The molecule has 0 aliphatic carbocycles. The molecule has 0 unspecified atom stereocenters. The summed E-state index contributed by atoms with van der Waals surface area (Å²) in [5.74, 6) is -2.26. The molecule has 0 radical (unpaired) electrons. The minimum Gasteiger partial charge on any atom is -0.459 e. The molecule has 2 aliphatic heterocycles. The molecule has 4 rings (SSSR count). The summed E-state index contributed by atoms with van der Waals surface area (Å²) in [7, 11) is 0. The number of hydrogen-bond donors (Lipinski definition) is 0. The number of amides is 4. The zero-order valence-corrected chi connectivity index (χ0v) is 15.5. The van der Waals surface area contributed by atoms with Gasteiger partial charge in [-0.05, 0) is 24.3 Å². The fourth-order valence-electron chi connectivity index (χ4n) is 3.58. The van der Waals surface area contributed by atoms with Crippen molar-refractivity contribution >= 4 is 23.6 Å². The number of nitrogens with zero attached hydrogens (tertiary/aromatic N) is 3. The van der Waals surface area contributed by atoms with Crippen LogP contribution >= 0.6 is 0 Å². The van der Waals surface area contributed by atoms with Gasteiger partial charge in [-0.15, -0.1) is 0 Å². The molecule has 1 aromatic heterocycles. The molecule has 0 N–H and O–H groups in total. The molecule has 4 amide bonds. The summed E-state index contributed by atoms with van der Waals surface area (Å²) >= 11 is 0. The molecule has 0 spiro atoms. The Balaban J connectivity index is 1.31. The summed E-state index contributed by atoms with van der Waals surface area (Å²) in [6, 6.07) is 7.12. The number of furan rings is 1. The lowest BCUT2D eigenvalue weighted by Gasteiger charge is -2.34. The van der Waals surface area contributed by atoms with Crippen LogP contribution in [0.3, 0.4) is 0 Å². The molecule has 1 fully saturated rings. The first-order valence-electron chi connectivity index (χ1n) is 9.22. The molecule has 1 aromatic carbocycles. The molecule has 0 bridgehead atoms. The summed E-state index contributed by atoms with van der Waals surface area (Å²) in [5, 5.41) is 0. The van der Waals surface area contributed by atoms with Crippen LogP contribution in [0, 0.1) is 5.82 Å². The molecular weight excluding hydrogens is 381 g/mol. The maximum atomic E-state index is 13.9. The number of carbonyl (C=O) groups excluding carboxylic acids is 4. The second-order valence-corrected chi connectivity index (χ2v) is 6.82. The first-order chi connectivity index (χ1) is 14.0. The van der Waals surface area contributed by atoms with Crippen LogP contribution in [-0.2, 0) is 4.79 Å². The SMILES string of the molecule is O=C(CCN1C(=O)c2cccc(F)c2C1=O)N1CCN(C(=O)c2ccco2)CC1. The molecule has 8 nitrogen and oxygen atoms in total. The van der Waals surface area contributed by atoms with E-state index in [0.717, 1.165) is 11.0 Å². The smallest absolute Gasteiger partial charge is 0.289 e. The van der Waals surface area contributed by atoms with Gasteiger partial charge in [-0.2, -0.15) is 0 Å². The number of benzene rings is 1. The Labute approximate surface area is 165 Å². The molecule has 0 atom stereocenters. The molecule has 0 saturated carbocycles. The first-order valence-corrected chi connectivity index (χ1v) is 9.22. The summed E-state index contributed by atoms with van der Waals surface area (Å²) in [5.41, 5.74) is -0.220. The normalized spacial score (nSPS) is 16.4. The monoisotopic (exact) mass is 399 g/mol. The van der Waals surface area contributed by atoms with E-state index in [1.165, 1.54) is 18.4 Å². The van der Waals surface area contributed by atoms with Gasteiger partial charge in [-0.1, -0.05) is 6.07 Å². The van der Waals surface area contributed by atoms with Crippen molar-refractivity contribution in [2.24, 2.45) is 0 Å². The van der Waals surface area contributed by atoms with E-state index in [0.29, 0.717) is 26.2 Å². The lowest BCUT2D eigenvalue weighted by molar-refractivity contribution is -0.132. The van der Waals surface area contributed by atoms with Crippen molar-refractivity contribution in [3.8, 4) is 0 Å². The van der Waals surface area contributed by atoms with Crippen LogP contribution in [-0.4, -0.2) is 71.1 Å². The summed E-state index contributed by atoms with van der Waals surface area (Å²) < 4.78 is 19.0. The lowest BCUT2D eigenvalue weighted by Crippen LogP contribution is -2.51. The minimum atomic E-state index is -0.743. The van der Waals surface area contributed by atoms with Gasteiger partial charge < -0.3 is 14.2 Å². The Morgan fingerprint density at radius 1 is 0.966 bits per heavy atom. The third-order valence-corrected chi connectivity index (χ3v) is 5.15. The van der Waals surface area contributed by atoms with Crippen molar-refractivity contribution in [3.05, 3.63) is 59.3 Å². The van der Waals surface area contributed by atoms with Gasteiger partial charge in [0.05, 0.1) is 17.4 Å². The predicted octanol–water partition coefficient (Wildman–Crippen LogP) is 1.39. The Kier molecular flexibility index (Phi) is 4.87. The van der Waals surface area contributed by atoms with Crippen LogP contribution in [0.5, 0.6) is 0 Å². The largest absolute Gasteiger partial charge is 0.459 e. The van der Waals surface area contributed by atoms with E-state index in [1.54, 1.807) is 21.9 Å². The van der Waals surface area contributed by atoms with E-state index < -0.39 is 17.6 Å². The van der Waals surface area contributed by atoms with Crippen molar-refractivity contribution < 1.29 is 28.0 Å². The molecule has 150 valence electrons. The van der Waals surface area contributed by atoms with Gasteiger partial charge in [-0.25, -0.2) is 4.39 Å². The second kappa shape index (κ2) is 7.50. The zero-order chi connectivity index (χ0) is 20.5. The van der Waals surface area contributed by atoms with Crippen molar-refractivity contribution in [1.82, 2.24) is 14.7 Å². The van der Waals surface area contributed by atoms with E-state index in [-0.39, 0.29) is 41.7 Å². The number of piperazine rings is 1. The molecule has 2 aliphatic rings. The number of fused-ring (bicyclic) bond motifs is 1. The third-order valence-electron chi connectivity index (χ3n) is 5.15. The van der Waals surface area contributed by atoms with Gasteiger partial charge in [0.2, 0.25) is 5.91 Å². The van der Waals surface area contributed by atoms with Crippen LogP contribution in [0.4, 0.5) is 4.39 Å². The number of hydrogen-bond acceptors (Lipinski definition) is 5. The highest BCUT2D eigenvalue weighted by molar-refractivity contribution is 6.21. The average Bonchev–Trinajstić information content (AvgIpc) is 3.35. The fourth-order valence-corrected chi connectivity index (χ4v) is 3.58. The second-order valence-electron chi connectivity index (χ2n) is 6.82. The maximum Gasteiger partial charge on any atom is 0.289 e. The Hall–Kier alpha value is -3.49. The van der Waals surface area contributed by atoms with Gasteiger partial charge in [0, 0.05) is 39.1 Å². The predicted molar refractivity (Wildman–Crippen MR) is 97.6 cm³/mol. The Morgan fingerprint density at radius 2 is 1.69 bits per heavy atom. The average molecular weight is 399 g/mol. The topological polar surface area (TPSA) is 91.1 Å². The third kappa shape index (κ3) is 3.39. The van der Waals surface area contributed by atoms with Crippen LogP contribution in [0.25, 0.3) is 0 Å². The lowest BCUT2D eigenvalue weighted by atomic mass is 10.1. The van der Waals surface area contributed by atoms with Crippen LogP contribution in [0.1, 0.15) is 37.7 Å². The van der Waals surface area contributed by atoms with Crippen LogP contribution in [0.15, 0.2) is 41.0 Å². The molecule has 3 heterocycles. The van der Waals surface area contributed by atoms with Gasteiger partial charge in [0.15, 0.2) is 5.76 Å². The number of halogens is 1. The fraction of sp³-hybridized carbons (Fsp3) is 0.300. The zero-order valence-electron chi connectivity index (χ0n) is 15.5. The van der Waals surface area contributed by atoms with Crippen molar-refractivity contribution in [2.45, 2.75) is 6.42 Å². The molecule has 9 heteroatoms. The molecule has 2 aromatic rings. The van der Waals surface area contributed by atoms with E-state index >= 15 is 0 Å². The summed E-state index contributed by atoms with van der Waals surface area (Å²) in [4.78, 5) is 53.5. The number of imide groups is 1. The number of carbonyl (C=O) groups is 4. The Bertz CT molecular complexity index is 980. The van der Waals surface area contributed by atoms with Crippen molar-refractivity contribution in [1.29, 1.82) is 0 Å². The summed E-state index contributed by atoms with van der Waals surface area (Å²) in [6.07, 6.45) is 1.37. The molecular formula is C20H18FN3O5. The van der Waals surface area contributed by atoms with Crippen molar-refractivity contribution in [3.63, 3.8) is 0 Å². The quantitative estimate of drug-likeness (QED) is 0.725. The van der Waals surface area contributed by atoms with E-state index in [1.807, 2.05) is 0 Å². The highest BCUT2D eigenvalue weighted by atomic mass is 19.1. The van der Waals surface area contributed by atoms with Gasteiger partial charge in [0.1, 0.15) is 5.82 Å². The molecule has 1 saturated heterocycles. The summed E-state index contributed by atoms with van der Waals surface area (Å²) in [6.45, 7) is 1.31. The number of rotatable bonds is 4. The van der Waals surface area contributed by atoms with Gasteiger partial charge in [0.25, 0.3) is 17.7 Å². The first kappa shape index (κ1) is 18.9. The maximum absolute atomic E-state index is 13.9. The Morgan fingerprint density at radius 3 is 2.34 bits per heavy atom. The van der Waals surface area contributed by atoms with E-state index in [2.05, 4.69) is 0 Å². The standard InChI is InChI=1S/C20H18FN3O5/c21-14-4-1-3-13-17(14)20(28)24(18(13)26)7-6-16(25)22-8-10-23(11-9-22)19(27)15-5-2-12-29-15/h1-5,12H,6-11H2.